The number of hydrogen-bond acceptors (Lipinski definition) is 4. The molecule has 1 aliphatic heterocycles. The van der Waals surface area contributed by atoms with Gasteiger partial charge in [-0.1, -0.05) is 92.8 Å². The van der Waals surface area contributed by atoms with E-state index in [-0.39, 0.29) is 5.41 Å². The molecule has 1 heterocycles. The van der Waals surface area contributed by atoms with Crippen molar-refractivity contribution in [3.63, 3.8) is 0 Å². The first-order chi connectivity index (χ1) is 14.5. The van der Waals surface area contributed by atoms with Crippen molar-refractivity contribution in [1.82, 2.24) is 9.80 Å². The Morgan fingerprint density at radius 1 is 0.867 bits per heavy atom. The summed E-state index contributed by atoms with van der Waals surface area (Å²) in [7, 11) is 0. The lowest BCUT2D eigenvalue weighted by Crippen LogP contribution is -2.30. The van der Waals surface area contributed by atoms with Crippen LogP contribution in [0, 0.1) is 5.41 Å². The molecule has 2 nitrogen and oxygen atoms in total. The van der Waals surface area contributed by atoms with E-state index in [1.165, 1.54) is 27.4 Å². The predicted octanol–water partition coefficient (Wildman–Crippen LogP) is 6.26. The molecule has 1 aliphatic carbocycles. The van der Waals surface area contributed by atoms with Gasteiger partial charge in [0.2, 0.25) is 0 Å². The zero-order valence-electron chi connectivity index (χ0n) is 18.1. The standard InChI is InChI=1S/C26H30N2S2/c1-26(2)16-22(29)24(23(17-26)30-3)25-27(18-20-10-6-4-7-11-20)14-15-28(25)19-21-12-8-5-9-13-21/h4-13,17H,14-16,18-19H2,1-3H3. The van der Waals surface area contributed by atoms with Gasteiger partial charge in [-0.2, -0.15) is 0 Å². The van der Waals surface area contributed by atoms with E-state index in [0.717, 1.165) is 37.5 Å². The van der Waals surface area contributed by atoms with Crippen LogP contribution in [0.15, 0.2) is 83.0 Å². The largest absolute Gasteiger partial charge is 0.352 e. The normalized spacial score (nSPS) is 18.8. The Morgan fingerprint density at radius 2 is 1.37 bits per heavy atom. The van der Waals surface area contributed by atoms with Crippen molar-refractivity contribution in [2.24, 2.45) is 5.41 Å². The summed E-state index contributed by atoms with van der Waals surface area (Å²) in [5, 5.41) is 0. The Kier molecular flexibility index (Phi) is 6.35. The van der Waals surface area contributed by atoms with Crippen molar-refractivity contribution in [3.8, 4) is 0 Å². The molecular formula is C26H30N2S2. The van der Waals surface area contributed by atoms with Crippen LogP contribution in [-0.4, -0.2) is 34.0 Å². The molecule has 2 aromatic rings. The summed E-state index contributed by atoms with van der Waals surface area (Å²) in [6.07, 6.45) is 5.54. The van der Waals surface area contributed by atoms with Gasteiger partial charge in [-0.15, -0.1) is 11.8 Å². The van der Waals surface area contributed by atoms with Gasteiger partial charge in [0.05, 0.1) is 0 Å². The molecule has 0 radical (unpaired) electrons. The molecule has 1 fully saturated rings. The number of rotatable bonds is 5. The molecule has 30 heavy (non-hydrogen) atoms. The minimum atomic E-state index is 0.118. The van der Waals surface area contributed by atoms with E-state index in [2.05, 4.69) is 96.6 Å². The molecule has 4 rings (SSSR count). The Morgan fingerprint density at radius 3 is 1.83 bits per heavy atom. The van der Waals surface area contributed by atoms with Crippen LogP contribution in [0.3, 0.4) is 0 Å². The van der Waals surface area contributed by atoms with Crippen molar-refractivity contribution in [3.05, 3.63) is 94.2 Å². The number of nitrogens with zero attached hydrogens (tertiary/aromatic N) is 2. The average Bonchev–Trinajstić information content (AvgIpc) is 3.10. The van der Waals surface area contributed by atoms with Crippen LogP contribution >= 0.6 is 24.0 Å². The van der Waals surface area contributed by atoms with Gasteiger partial charge in [-0.3, -0.25) is 0 Å². The number of allylic oxidation sites excluding steroid dienone is 2. The van der Waals surface area contributed by atoms with E-state index in [1.807, 2.05) is 11.8 Å². The van der Waals surface area contributed by atoms with E-state index >= 15 is 0 Å². The summed E-state index contributed by atoms with van der Waals surface area (Å²) < 4.78 is 0. The maximum atomic E-state index is 6.03. The van der Waals surface area contributed by atoms with Gasteiger partial charge in [0, 0.05) is 41.5 Å². The molecule has 0 N–H and O–H groups in total. The van der Waals surface area contributed by atoms with E-state index < -0.39 is 0 Å². The summed E-state index contributed by atoms with van der Waals surface area (Å²) in [4.78, 5) is 7.48. The molecule has 2 aliphatic rings. The van der Waals surface area contributed by atoms with Crippen LogP contribution in [0.2, 0.25) is 0 Å². The van der Waals surface area contributed by atoms with Crippen molar-refractivity contribution in [2.45, 2.75) is 33.4 Å². The summed E-state index contributed by atoms with van der Waals surface area (Å²) in [6, 6.07) is 21.5. The van der Waals surface area contributed by atoms with Gasteiger partial charge in [-0.05, 0) is 29.2 Å². The summed E-state index contributed by atoms with van der Waals surface area (Å²) in [5.41, 5.74) is 4.08. The number of benzene rings is 2. The minimum Gasteiger partial charge on any atom is -0.352 e. The second-order valence-electron chi connectivity index (χ2n) is 8.81. The molecular weight excluding hydrogens is 404 g/mol. The van der Waals surface area contributed by atoms with Crippen LogP contribution in [0.1, 0.15) is 31.4 Å². The topological polar surface area (TPSA) is 6.48 Å². The van der Waals surface area contributed by atoms with Crippen molar-refractivity contribution < 1.29 is 0 Å². The van der Waals surface area contributed by atoms with Crippen LogP contribution in [0.25, 0.3) is 0 Å². The number of hydrogen-bond donors (Lipinski definition) is 0. The van der Waals surface area contributed by atoms with E-state index in [1.54, 1.807) is 0 Å². The van der Waals surface area contributed by atoms with Crippen LogP contribution in [-0.2, 0) is 13.1 Å². The van der Waals surface area contributed by atoms with Crippen molar-refractivity contribution in [1.29, 1.82) is 0 Å². The first-order valence-electron chi connectivity index (χ1n) is 10.6. The third kappa shape index (κ3) is 4.65. The quantitative estimate of drug-likeness (QED) is 0.404. The van der Waals surface area contributed by atoms with E-state index in [0.29, 0.717) is 0 Å². The molecule has 0 unspecified atom stereocenters. The smallest absolute Gasteiger partial charge is 0.114 e. The lowest BCUT2D eigenvalue weighted by atomic mass is 9.80. The van der Waals surface area contributed by atoms with E-state index in [9.17, 15) is 0 Å². The van der Waals surface area contributed by atoms with Gasteiger partial charge in [0.1, 0.15) is 5.82 Å². The van der Waals surface area contributed by atoms with Gasteiger partial charge in [0.15, 0.2) is 0 Å². The summed E-state index contributed by atoms with van der Waals surface area (Å²) >= 11 is 7.85. The lowest BCUT2D eigenvalue weighted by molar-refractivity contribution is 0.323. The fourth-order valence-corrected chi connectivity index (χ4v) is 5.89. The zero-order valence-corrected chi connectivity index (χ0v) is 19.7. The Hall–Kier alpha value is -2.04. The Bertz CT molecular complexity index is 910. The van der Waals surface area contributed by atoms with Gasteiger partial charge >= 0.3 is 0 Å². The third-order valence-electron chi connectivity index (χ3n) is 5.78. The minimum absolute atomic E-state index is 0.118. The second kappa shape index (κ2) is 8.99. The molecule has 0 bridgehead atoms. The highest BCUT2D eigenvalue weighted by molar-refractivity contribution is 8.02. The van der Waals surface area contributed by atoms with Gasteiger partial charge in [-0.25, -0.2) is 0 Å². The zero-order chi connectivity index (χ0) is 21.1. The first-order valence-corrected chi connectivity index (χ1v) is 12.2. The summed E-state index contributed by atoms with van der Waals surface area (Å²) in [6.45, 7) is 8.45. The maximum absolute atomic E-state index is 6.03. The molecule has 2 aromatic carbocycles. The van der Waals surface area contributed by atoms with Crippen LogP contribution in [0.5, 0.6) is 0 Å². The number of thioether (sulfide) groups is 1. The van der Waals surface area contributed by atoms with Crippen molar-refractivity contribution >= 4 is 28.8 Å². The molecule has 0 saturated carbocycles. The average molecular weight is 435 g/mol. The first kappa shape index (κ1) is 21.2. The van der Waals surface area contributed by atoms with E-state index in [4.69, 9.17) is 12.2 Å². The highest BCUT2D eigenvalue weighted by Crippen LogP contribution is 2.42. The Labute approximate surface area is 190 Å². The second-order valence-corrected chi connectivity index (χ2v) is 10.2. The van der Waals surface area contributed by atoms with Gasteiger partial charge < -0.3 is 9.80 Å². The molecule has 156 valence electrons. The fourth-order valence-electron chi connectivity index (χ4n) is 4.40. The molecule has 1 saturated heterocycles. The van der Waals surface area contributed by atoms with Crippen molar-refractivity contribution in [2.75, 3.05) is 19.3 Å². The maximum Gasteiger partial charge on any atom is 0.114 e. The fraction of sp³-hybridized carbons (Fsp3) is 0.346. The molecule has 0 amide bonds. The third-order valence-corrected chi connectivity index (χ3v) is 6.89. The highest BCUT2D eigenvalue weighted by Gasteiger charge is 2.35. The monoisotopic (exact) mass is 434 g/mol. The van der Waals surface area contributed by atoms with Crippen LogP contribution < -0.4 is 0 Å². The van der Waals surface area contributed by atoms with Crippen LogP contribution in [0.4, 0.5) is 0 Å². The number of thiocarbonyl (C=S) groups is 1. The molecule has 0 aromatic heterocycles. The predicted molar refractivity (Wildman–Crippen MR) is 133 cm³/mol. The Balaban J connectivity index is 1.77. The molecule has 4 heteroatoms. The lowest BCUT2D eigenvalue weighted by Gasteiger charge is -2.34. The summed E-state index contributed by atoms with van der Waals surface area (Å²) in [5.74, 6) is 1.31. The SMILES string of the molecule is CSC1=CC(C)(C)CC(=S)C1=C1N(Cc2ccccc2)CCN1Cc1ccccc1. The molecule has 0 spiro atoms. The molecule has 0 atom stereocenters. The van der Waals surface area contributed by atoms with Gasteiger partial charge in [0.25, 0.3) is 0 Å². The highest BCUT2D eigenvalue weighted by atomic mass is 32.2.